The standard InChI is InChI=1S/C12H17NO3S/c1-13-6-8-17(14,15)11-4-5-12-10(9-11)3-2-7-16-12/h4-5,9,13H,2-3,6-8H2,1H3. The van der Waals surface area contributed by atoms with E-state index in [1.54, 1.807) is 25.2 Å². The smallest absolute Gasteiger partial charge is 0.179 e. The molecule has 0 fully saturated rings. The van der Waals surface area contributed by atoms with Gasteiger partial charge in [-0.2, -0.15) is 0 Å². The molecule has 0 aromatic heterocycles. The molecule has 5 heteroatoms. The molecule has 17 heavy (non-hydrogen) atoms. The molecule has 0 unspecified atom stereocenters. The Kier molecular flexibility index (Phi) is 3.69. The van der Waals surface area contributed by atoms with Crippen LogP contribution in [-0.4, -0.2) is 34.4 Å². The Morgan fingerprint density at radius 2 is 2.24 bits per heavy atom. The van der Waals surface area contributed by atoms with E-state index in [2.05, 4.69) is 5.32 Å². The van der Waals surface area contributed by atoms with Crippen molar-refractivity contribution in [3.8, 4) is 5.75 Å². The molecule has 0 aliphatic carbocycles. The van der Waals surface area contributed by atoms with Crippen LogP contribution in [0.25, 0.3) is 0 Å². The van der Waals surface area contributed by atoms with E-state index >= 15 is 0 Å². The van der Waals surface area contributed by atoms with Gasteiger partial charge in [0.25, 0.3) is 0 Å². The predicted molar refractivity (Wildman–Crippen MR) is 66.2 cm³/mol. The van der Waals surface area contributed by atoms with Gasteiger partial charge in [0.1, 0.15) is 5.75 Å². The topological polar surface area (TPSA) is 55.4 Å². The van der Waals surface area contributed by atoms with Crippen molar-refractivity contribution in [2.75, 3.05) is 26.0 Å². The number of hydrogen-bond acceptors (Lipinski definition) is 4. The normalized spacial score (nSPS) is 15.1. The summed E-state index contributed by atoms with van der Waals surface area (Å²) in [5.74, 6) is 0.951. The number of fused-ring (bicyclic) bond motifs is 1. The Balaban J connectivity index is 2.27. The number of aryl methyl sites for hydroxylation is 1. The average Bonchev–Trinajstić information content (AvgIpc) is 2.36. The van der Waals surface area contributed by atoms with E-state index < -0.39 is 9.84 Å². The zero-order chi connectivity index (χ0) is 12.3. The molecular weight excluding hydrogens is 238 g/mol. The highest BCUT2D eigenvalue weighted by molar-refractivity contribution is 7.91. The van der Waals surface area contributed by atoms with Crippen LogP contribution in [0, 0.1) is 0 Å². The summed E-state index contributed by atoms with van der Waals surface area (Å²) in [4.78, 5) is 0.400. The maximum absolute atomic E-state index is 12.0. The fourth-order valence-corrected chi connectivity index (χ4v) is 3.19. The summed E-state index contributed by atoms with van der Waals surface area (Å²) in [6, 6.07) is 5.15. The minimum Gasteiger partial charge on any atom is -0.493 e. The Labute approximate surface area is 102 Å². The van der Waals surface area contributed by atoms with Crippen LogP contribution >= 0.6 is 0 Å². The highest BCUT2D eigenvalue weighted by atomic mass is 32.2. The lowest BCUT2D eigenvalue weighted by Gasteiger charge is -2.17. The molecule has 1 heterocycles. The number of benzene rings is 1. The molecule has 4 nitrogen and oxygen atoms in total. The molecular formula is C12H17NO3S. The molecule has 0 saturated heterocycles. The van der Waals surface area contributed by atoms with Crippen LogP contribution in [0.2, 0.25) is 0 Å². The molecule has 0 spiro atoms. The van der Waals surface area contributed by atoms with E-state index in [1.807, 2.05) is 0 Å². The van der Waals surface area contributed by atoms with Gasteiger partial charge in [0.15, 0.2) is 9.84 Å². The van der Waals surface area contributed by atoms with Gasteiger partial charge in [-0.3, -0.25) is 0 Å². The molecule has 1 aromatic rings. The molecule has 1 aromatic carbocycles. The largest absolute Gasteiger partial charge is 0.493 e. The number of sulfone groups is 1. The number of hydrogen-bond donors (Lipinski definition) is 1. The van der Waals surface area contributed by atoms with Crippen molar-refractivity contribution in [2.45, 2.75) is 17.7 Å². The Bertz CT molecular complexity index is 496. The Morgan fingerprint density at radius 1 is 1.41 bits per heavy atom. The Morgan fingerprint density at radius 3 is 3.00 bits per heavy atom. The van der Waals surface area contributed by atoms with Gasteiger partial charge in [-0.15, -0.1) is 0 Å². The molecule has 1 aliphatic heterocycles. The van der Waals surface area contributed by atoms with Crippen molar-refractivity contribution >= 4 is 9.84 Å². The maximum atomic E-state index is 12.0. The van der Waals surface area contributed by atoms with Gasteiger partial charge >= 0.3 is 0 Å². The fourth-order valence-electron chi connectivity index (χ4n) is 1.88. The summed E-state index contributed by atoms with van der Waals surface area (Å²) in [5, 5.41) is 2.85. The first-order valence-corrected chi connectivity index (χ1v) is 7.42. The van der Waals surface area contributed by atoms with Crippen molar-refractivity contribution in [1.29, 1.82) is 0 Å². The van der Waals surface area contributed by atoms with Crippen LogP contribution < -0.4 is 10.1 Å². The third-order valence-corrected chi connectivity index (χ3v) is 4.57. The fraction of sp³-hybridized carbons (Fsp3) is 0.500. The third kappa shape index (κ3) is 2.79. The van der Waals surface area contributed by atoms with Gasteiger partial charge in [0, 0.05) is 6.54 Å². The van der Waals surface area contributed by atoms with E-state index in [0.29, 0.717) is 11.4 Å². The SMILES string of the molecule is CNCCS(=O)(=O)c1ccc2c(c1)CCCO2. The summed E-state index contributed by atoms with van der Waals surface area (Å²) < 4.78 is 29.5. The van der Waals surface area contributed by atoms with Crippen molar-refractivity contribution < 1.29 is 13.2 Å². The molecule has 2 rings (SSSR count). The van der Waals surface area contributed by atoms with Gasteiger partial charge in [-0.05, 0) is 43.7 Å². The van der Waals surface area contributed by atoms with E-state index in [1.165, 1.54) is 0 Å². The van der Waals surface area contributed by atoms with Gasteiger partial charge in [-0.1, -0.05) is 0 Å². The highest BCUT2D eigenvalue weighted by Gasteiger charge is 2.17. The number of nitrogens with one attached hydrogen (secondary N) is 1. The first-order valence-electron chi connectivity index (χ1n) is 5.76. The van der Waals surface area contributed by atoms with Crippen molar-refractivity contribution in [2.24, 2.45) is 0 Å². The van der Waals surface area contributed by atoms with Crippen molar-refractivity contribution in [1.82, 2.24) is 5.32 Å². The molecule has 1 N–H and O–H groups in total. The highest BCUT2D eigenvalue weighted by Crippen LogP contribution is 2.27. The first-order chi connectivity index (χ1) is 8.13. The molecule has 1 aliphatic rings. The summed E-state index contributed by atoms with van der Waals surface area (Å²) in [5.41, 5.74) is 1.00. The average molecular weight is 255 g/mol. The lowest BCUT2D eigenvalue weighted by Crippen LogP contribution is -2.19. The summed E-state index contributed by atoms with van der Waals surface area (Å²) >= 11 is 0. The van der Waals surface area contributed by atoms with Crippen molar-refractivity contribution in [3.63, 3.8) is 0 Å². The van der Waals surface area contributed by atoms with Crippen LogP contribution in [0.1, 0.15) is 12.0 Å². The molecule has 0 radical (unpaired) electrons. The summed E-state index contributed by atoms with van der Waals surface area (Å²) in [7, 11) is -1.43. The summed E-state index contributed by atoms with van der Waals surface area (Å²) in [6.45, 7) is 1.19. The van der Waals surface area contributed by atoms with E-state index in [-0.39, 0.29) is 5.75 Å². The molecule has 0 bridgehead atoms. The third-order valence-electron chi connectivity index (χ3n) is 2.86. The van der Waals surface area contributed by atoms with E-state index in [9.17, 15) is 8.42 Å². The summed E-state index contributed by atoms with van der Waals surface area (Å²) in [6.07, 6.45) is 1.84. The van der Waals surface area contributed by atoms with Crippen LogP contribution in [-0.2, 0) is 16.3 Å². The second-order valence-corrected chi connectivity index (χ2v) is 6.25. The first kappa shape index (κ1) is 12.4. The van der Waals surface area contributed by atoms with Crippen LogP contribution in [0.3, 0.4) is 0 Å². The van der Waals surface area contributed by atoms with Crippen LogP contribution in [0.5, 0.6) is 5.75 Å². The van der Waals surface area contributed by atoms with Gasteiger partial charge in [-0.25, -0.2) is 8.42 Å². The molecule has 0 atom stereocenters. The minimum absolute atomic E-state index is 0.128. The minimum atomic E-state index is -3.17. The maximum Gasteiger partial charge on any atom is 0.179 e. The van der Waals surface area contributed by atoms with E-state index in [4.69, 9.17) is 4.74 Å². The van der Waals surface area contributed by atoms with Crippen molar-refractivity contribution in [3.05, 3.63) is 23.8 Å². The number of rotatable bonds is 4. The Hall–Kier alpha value is -1.07. The molecule has 0 amide bonds. The lowest BCUT2D eigenvalue weighted by atomic mass is 10.1. The lowest BCUT2D eigenvalue weighted by molar-refractivity contribution is 0.288. The predicted octanol–water partition coefficient (Wildman–Crippen LogP) is 1.00. The second kappa shape index (κ2) is 5.06. The van der Waals surface area contributed by atoms with E-state index in [0.717, 1.165) is 30.8 Å². The molecule has 94 valence electrons. The van der Waals surface area contributed by atoms with Crippen LogP contribution in [0.4, 0.5) is 0 Å². The van der Waals surface area contributed by atoms with Gasteiger partial charge in [0.2, 0.25) is 0 Å². The number of ether oxygens (including phenoxy) is 1. The zero-order valence-electron chi connectivity index (χ0n) is 9.90. The van der Waals surface area contributed by atoms with Gasteiger partial charge < -0.3 is 10.1 Å². The monoisotopic (exact) mass is 255 g/mol. The zero-order valence-corrected chi connectivity index (χ0v) is 10.7. The quantitative estimate of drug-likeness (QED) is 0.872. The van der Waals surface area contributed by atoms with Crippen LogP contribution in [0.15, 0.2) is 23.1 Å². The second-order valence-electron chi connectivity index (χ2n) is 4.14. The molecule has 0 saturated carbocycles. The van der Waals surface area contributed by atoms with Gasteiger partial charge in [0.05, 0.1) is 17.3 Å².